The third-order valence-electron chi connectivity index (χ3n) is 2.05. The molecule has 0 fully saturated rings. The van der Waals surface area contributed by atoms with E-state index in [4.69, 9.17) is 5.73 Å². The van der Waals surface area contributed by atoms with Gasteiger partial charge in [-0.15, -0.1) is 0 Å². The summed E-state index contributed by atoms with van der Waals surface area (Å²) in [6.45, 7) is 5.78. The Morgan fingerprint density at radius 3 is 1.57 bits per heavy atom. The third kappa shape index (κ3) is 9.48. The van der Waals surface area contributed by atoms with Crippen molar-refractivity contribution in [3.63, 3.8) is 0 Å². The Hall–Kier alpha value is -0.610. The minimum absolute atomic E-state index is 0.0648. The highest BCUT2D eigenvalue weighted by Crippen LogP contribution is 2.04. The number of hydrogen-bond acceptors (Lipinski definition) is 3. The first kappa shape index (κ1) is 15.8. The highest BCUT2D eigenvalue weighted by Gasteiger charge is 2.07. The van der Waals surface area contributed by atoms with Crippen molar-refractivity contribution in [1.82, 2.24) is 0 Å². The van der Waals surface area contributed by atoms with Crippen LogP contribution in [0.5, 0.6) is 0 Å². The quantitative estimate of drug-likeness (QED) is 0.692. The molecule has 2 N–H and O–H groups in total. The average Bonchev–Trinajstić information content (AvgIpc) is 2.19. The van der Waals surface area contributed by atoms with Crippen LogP contribution in [0, 0.1) is 5.92 Å². The zero-order valence-corrected chi connectivity index (χ0v) is 9.87. The summed E-state index contributed by atoms with van der Waals surface area (Å²) in [6.07, 6.45) is 1.67. The number of carbonyl (C=O) groups is 1. The summed E-state index contributed by atoms with van der Waals surface area (Å²) in [6, 6.07) is 0. The van der Waals surface area contributed by atoms with Gasteiger partial charge in [-0.25, -0.2) is 0 Å². The molecule has 0 spiro atoms. The topological polar surface area (TPSA) is 61.6 Å². The molecule has 0 heterocycles. The Bertz CT molecular complexity index is 131. The van der Waals surface area contributed by atoms with Crippen LogP contribution in [0.25, 0.3) is 0 Å². The third-order valence-corrected chi connectivity index (χ3v) is 2.05. The largest absolute Gasteiger partial charge is 0.369 e. The molecule has 14 heavy (non-hydrogen) atoms. The molecule has 0 aromatic heterocycles. The zero-order valence-electron chi connectivity index (χ0n) is 9.87. The Morgan fingerprint density at radius 1 is 1.21 bits per heavy atom. The van der Waals surface area contributed by atoms with E-state index in [-0.39, 0.29) is 18.1 Å². The van der Waals surface area contributed by atoms with E-state index in [1.807, 2.05) is 20.8 Å². The van der Waals surface area contributed by atoms with Gasteiger partial charge in [-0.1, -0.05) is 13.8 Å². The standard InChI is InChI=1S/C6H13NO.C4H10O2/c1-3-5(4-2)6(7)8;1-4(5-2)6-3/h5H,3-4H2,1-2H3,(H2,7,8);4H,1-3H3. The first-order chi connectivity index (χ1) is 6.53. The van der Waals surface area contributed by atoms with Gasteiger partial charge in [0, 0.05) is 20.1 Å². The molecule has 0 aromatic carbocycles. The van der Waals surface area contributed by atoms with E-state index in [9.17, 15) is 4.79 Å². The molecule has 0 unspecified atom stereocenters. The fraction of sp³-hybridized carbons (Fsp3) is 0.900. The Kier molecular flexibility index (Phi) is 11.9. The lowest BCUT2D eigenvalue weighted by Gasteiger charge is -2.04. The molecule has 0 saturated carbocycles. The second-order valence-electron chi connectivity index (χ2n) is 2.95. The summed E-state index contributed by atoms with van der Waals surface area (Å²) in [5.41, 5.74) is 5.02. The van der Waals surface area contributed by atoms with Crippen molar-refractivity contribution in [1.29, 1.82) is 0 Å². The molecule has 0 aliphatic carbocycles. The van der Waals surface area contributed by atoms with Gasteiger partial charge in [0.1, 0.15) is 0 Å². The highest BCUT2D eigenvalue weighted by molar-refractivity contribution is 5.76. The van der Waals surface area contributed by atoms with Crippen LogP contribution in [0.1, 0.15) is 33.6 Å². The minimum atomic E-state index is -0.171. The average molecular weight is 205 g/mol. The number of carbonyl (C=O) groups excluding carboxylic acids is 1. The van der Waals surface area contributed by atoms with Crippen molar-refractivity contribution in [2.24, 2.45) is 11.7 Å². The predicted octanol–water partition coefficient (Wildman–Crippen LogP) is 1.53. The van der Waals surface area contributed by atoms with Crippen LogP contribution in [0.2, 0.25) is 0 Å². The van der Waals surface area contributed by atoms with Gasteiger partial charge in [0.2, 0.25) is 5.91 Å². The van der Waals surface area contributed by atoms with Crippen LogP contribution >= 0.6 is 0 Å². The van der Waals surface area contributed by atoms with Crippen LogP contribution in [0.4, 0.5) is 0 Å². The first-order valence-corrected chi connectivity index (χ1v) is 4.88. The molecule has 0 saturated heterocycles. The molecule has 4 heteroatoms. The van der Waals surface area contributed by atoms with E-state index in [2.05, 4.69) is 9.47 Å². The van der Waals surface area contributed by atoms with Gasteiger partial charge in [0.05, 0.1) is 0 Å². The van der Waals surface area contributed by atoms with Crippen molar-refractivity contribution in [2.75, 3.05) is 14.2 Å². The maximum absolute atomic E-state index is 10.4. The molecule has 0 aromatic rings. The lowest BCUT2D eigenvalue weighted by molar-refractivity contribution is -0.121. The lowest BCUT2D eigenvalue weighted by Crippen LogP contribution is -2.21. The fourth-order valence-electron chi connectivity index (χ4n) is 0.787. The van der Waals surface area contributed by atoms with E-state index in [1.165, 1.54) is 0 Å². The van der Waals surface area contributed by atoms with Crippen LogP contribution in [0.3, 0.4) is 0 Å². The van der Waals surface area contributed by atoms with E-state index in [0.717, 1.165) is 12.8 Å². The second kappa shape index (κ2) is 10.5. The van der Waals surface area contributed by atoms with Crippen molar-refractivity contribution in [3.05, 3.63) is 0 Å². The molecule has 1 amide bonds. The van der Waals surface area contributed by atoms with Crippen LogP contribution in [-0.2, 0) is 14.3 Å². The van der Waals surface area contributed by atoms with Crippen molar-refractivity contribution in [3.8, 4) is 0 Å². The number of nitrogens with two attached hydrogens (primary N) is 1. The normalized spacial score (nSPS) is 9.93. The monoisotopic (exact) mass is 205 g/mol. The van der Waals surface area contributed by atoms with Crippen LogP contribution in [-0.4, -0.2) is 26.4 Å². The Morgan fingerprint density at radius 2 is 1.57 bits per heavy atom. The molecule has 86 valence electrons. The van der Waals surface area contributed by atoms with Crippen molar-refractivity contribution >= 4 is 5.91 Å². The molecule has 0 bridgehead atoms. The van der Waals surface area contributed by atoms with Crippen LogP contribution in [0.15, 0.2) is 0 Å². The van der Waals surface area contributed by atoms with Gasteiger partial charge in [-0.3, -0.25) is 4.79 Å². The number of amides is 1. The Balaban J connectivity index is 0. The second-order valence-corrected chi connectivity index (χ2v) is 2.95. The number of primary amides is 1. The number of ether oxygens (including phenoxy) is 2. The molecule has 0 aliphatic heterocycles. The van der Waals surface area contributed by atoms with Crippen LogP contribution < -0.4 is 5.73 Å². The summed E-state index contributed by atoms with van der Waals surface area (Å²) in [5.74, 6) is -0.0787. The SMILES string of the molecule is CCC(CC)C(N)=O.COC(C)OC. The van der Waals surface area contributed by atoms with E-state index < -0.39 is 0 Å². The van der Waals surface area contributed by atoms with Gasteiger partial charge in [-0.05, 0) is 19.8 Å². The maximum atomic E-state index is 10.4. The summed E-state index contributed by atoms with van der Waals surface area (Å²) in [4.78, 5) is 10.4. The van der Waals surface area contributed by atoms with Crippen molar-refractivity contribution < 1.29 is 14.3 Å². The molecular formula is C10H23NO3. The first-order valence-electron chi connectivity index (χ1n) is 4.88. The molecule has 0 radical (unpaired) electrons. The molecular weight excluding hydrogens is 182 g/mol. The molecule has 0 rings (SSSR count). The summed E-state index contributed by atoms with van der Waals surface area (Å²) < 4.78 is 9.35. The van der Waals surface area contributed by atoms with Crippen molar-refractivity contribution in [2.45, 2.75) is 39.9 Å². The summed E-state index contributed by atoms with van der Waals surface area (Å²) in [5, 5.41) is 0. The summed E-state index contributed by atoms with van der Waals surface area (Å²) in [7, 11) is 3.21. The predicted molar refractivity (Wildman–Crippen MR) is 56.7 cm³/mol. The maximum Gasteiger partial charge on any atom is 0.220 e. The lowest BCUT2D eigenvalue weighted by atomic mass is 10.0. The molecule has 0 aliphatic rings. The molecule has 0 atom stereocenters. The number of methoxy groups -OCH3 is 2. The van der Waals surface area contributed by atoms with Gasteiger partial charge >= 0.3 is 0 Å². The Labute approximate surface area is 86.8 Å². The van der Waals surface area contributed by atoms with E-state index in [0.29, 0.717) is 0 Å². The van der Waals surface area contributed by atoms with E-state index >= 15 is 0 Å². The van der Waals surface area contributed by atoms with Gasteiger partial charge in [-0.2, -0.15) is 0 Å². The summed E-state index contributed by atoms with van der Waals surface area (Å²) >= 11 is 0. The van der Waals surface area contributed by atoms with E-state index in [1.54, 1.807) is 14.2 Å². The fourth-order valence-corrected chi connectivity index (χ4v) is 0.787. The number of hydrogen-bond donors (Lipinski definition) is 1. The number of rotatable bonds is 5. The van der Waals surface area contributed by atoms with Gasteiger partial charge in [0.25, 0.3) is 0 Å². The zero-order chi connectivity index (χ0) is 11.6. The minimum Gasteiger partial charge on any atom is -0.369 e. The van der Waals surface area contributed by atoms with Gasteiger partial charge < -0.3 is 15.2 Å². The highest BCUT2D eigenvalue weighted by atomic mass is 16.7. The smallest absolute Gasteiger partial charge is 0.220 e. The van der Waals surface area contributed by atoms with Gasteiger partial charge in [0.15, 0.2) is 6.29 Å². The molecule has 4 nitrogen and oxygen atoms in total.